The number of carbonyl (C=O) groups is 1. The van der Waals surface area contributed by atoms with Crippen LogP contribution in [0.4, 0.5) is 0 Å². The Morgan fingerprint density at radius 3 is 2.40 bits per heavy atom. The van der Waals surface area contributed by atoms with Crippen molar-refractivity contribution in [2.45, 2.75) is 39.2 Å². The Labute approximate surface area is 92.2 Å². The van der Waals surface area contributed by atoms with E-state index < -0.39 is 0 Å². The van der Waals surface area contributed by atoms with E-state index in [9.17, 15) is 4.79 Å². The molecule has 0 aromatic rings. The van der Waals surface area contributed by atoms with Gasteiger partial charge >= 0.3 is 0 Å². The second-order valence-electron chi connectivity index (χ2n) is 5.21. The molecule has 1 amide bonds. The molecule has 86 valence electrons. The van der Waals surface area contributed by atoms with Gasteiger partial charge in [-0.3, -0.25) is 4.79 Å². The number of nitrogens with zero attached hydrogens (tertiary/aromatic N) is 1. The van der Waals surface area contributed by atoms with Crippen molar-refractivity contribution in [3.63, 3.8) is 0 Å². The molecule has 0 aromatic carbocycles. The van der Waals surface area contributed by atoms with Crippen LogP contribution in [0.3, 0.4) is 0 Å². The van der Waals surface area contributed by atoms with Crippen LogP contribution in [0.2, 0.25) is 0 Å². The average Bonchev–Trinajstić information content (AvgIpc) is 2.65. The van der Waals surface area contributed by atoms with E-state index in [4.69, 9.17) is 0 Å². The summed E-state index contributed by atoms with van der Waals surface area (Å²) in [6.45, 7) is 7.38. The average molecular weight is 210 g/mol. The summed E-state index contributed by atoms with van der Waals surface area (Å²) in [7, 11) is 0. The lowest BCUT2D eigenvalue weighted by atomic mass is 9.97. The Kier molecular flexibility index (Phi) is 3.29. The van der Waals surface area contributed by atoms with Gasteiger partial charge in [0.05, 0.1) is 6.04 Å². The number of hydrogen-bond acceptors (Lipinski definition) is 2. The molecule has 2 saturated heterocycles. The largest absolute Gasteiger partial charge is 0.341 e. The zero-order chi connectivity index (χ0) is 10.8. The van der Waals surface area contributed by atoms with Crippen LogP contribution in [-0.2, 0) is 4.79 Å². The van der Waals surface area contributed by atoms with Crippen LogP contribution in [0.5, 0.6) is 0 Å². The summed E-state index contributed by atoms with van der Waals surface area (Å²) in [6, 6.07) is 0.0957. The van der Waals surface area contributed by atoms with Crippen molar-refractivity contribution in [2.75, 3.05) is 19.6 Å². The Morgan fingerprint density at radius 1 is 1.20 bits per heavy atom. The maximum atomic E-state index is 12.2. The first kappa shape index (κ1) is 10.9. The van der Waals surface area contributed by atoms with Crippen LogP contribution in [0, 0.1) is 11.8 Å². The molecule has 2 rings (SSSR count). The van der Waals surface area contributed by atoms with Crippen molar-refractivity contribution in [3.8, 4) is 0 Å². The van der Waals surface area contributed by atoms with Crippen LogP contribution < -0.4 is 5.32 Å². The first-order chi connectivity index (χ1) is 7.18. The fourth-order valence-electron chi connectivity index (χ4n) is 2.59. The van der Waals surface area contributed by atoms with E-state index in [-0.39, 0.29) is 6.04 Å². The van der Waals surface area contributed by atoms with Crippen molar-refractivity contribution < 1.29 is 4.79 Å². The number of likely N-dealkylation sites (tertiary alicyclic amines) is 1. The SMILES string of the molecule is CC1CCN(C(=O)C2NCCC2C)CC1. The van der Waals surface area contributed by atoms with E-state index in [0.29, 0.717) is 11.8 Å². The predicted molar refractivity (Wildman–Crippen MR) is 60.5 cm³/mol. The molecule has 0 aromatic heterocycles. The minimum atomic E-state index is 0.0957. The summed E-state index contributed by atoms with van der Waals surface area (Å²) >= 11 is 0. The summed E-state index contributed by atoms with van der Waals surface area (Å²) in [6.07, 6.45) is 3.49. The number of amides is 1. The van der Waals surface area contributed by atoms with Crippen LogP contribution in [0.15, 0.2) is 0 Å². The second-order valence-corrected chi connectivity index (χ2v) is 5.21. The molecule has 2 aliphatic rings. The van der Waals surface area contributed by atoms with Crippen molar-refractivity contribution >= 4 is 5.91 Å². The number of hydrogen-bond donors (Lipinski definition) is 1. The van der Waals surface area contributed by atoms with E-state index in [2.05, 4.69) is 24.1 Å². The van der Waals surface area contributed by atoms with E-state index >= 15 is 0 Å². The van der Waals surface area contributed by atoms with Gasteiger partial charge in [0.25, 0.3) is 0 Å². The molecule has 2 atom stereocenters. The smallest absolute Gasteiger partial charge is 0.239 e. The topological polar surface area (TPSA) is 32.3 Å². The number of rotatable bonds is 1. The fraction of sp³-hybridized carbons (Fsp3) is 0.917. The van der Waals surface area contributed by atoms with Crippen molar-refractivity contribution in [3.05, 3.63) is 0 Å². The summed E-state index contributed by atoms with van der Waals surface area (Å²) < 4.78 is 0. The van der Waals surface area contributed by atoms with Crippen molar-refractivity contribution in [1.82, 2.24) is 10.2 Å². The zero-order valence-electron chi connectivity index (χ0n) is 9.83. The lowest BCUT2D eigenvalue weighted by molar-refractivity contribution is -0.135. The summed E-state index contributed by atoms with van der Waals surface area (Å²) in [5, 5.41) is 3.32. The quantitative estimate of drug-likeness (QED) is 0.706. The Balaban J connectivity index is 1.90. The molecule has 15 heavy (non-hydrogen) atoms. The minimum absolute atomic E-state index is 0.0957. The van der Waals surface area contributed by atoms with Gasteiger partial charge in [0.1, 0.15) is 0 Å². The van der Waals surface area contributed by atoms with Gasteiger partial charge in [0.15, 0.2) is 0 Å². The third-order valence-electron chi connectivity index (χ3n) is 3.89. The van der Waals surface area contributed by atoms with Crippen molar-refractivity contribution in [1.29, 1.82) is 0 Å². The Bertz CT molecular complexity index is 234. The Morgan fingerprint density at radius 2 is 1.87 bits per heavy atom. The third-order valence-corrected chi connectivity index (χ3v) is 3.89. The zero-order valence-corrected chi connectivity index (χ0v) is 9.83. The summed E-state index contributed by atoms with van der Waals surface area (Å²) in [4.78, 5) is 14.2. The number of piperidine rings is 1. The molecular weight excluding hydrogens is 188 g/mol. The number of nitrogens with one attached hydrogen (secondary N) is 1. The highest BCUT2D eigenvalue weighted by Gasteiger charge is 2.33. The molecule has 2 unspecified atom stereocenters. The molecule has 0 radical (unpaired) electrons. The highest BCUT2D eigenvalue weighted by atomic mass is 16.2. The lowest BCUT2D eigenvalue weighted by Gasteiger charge is -2.33. The summed E-state index contributed by atoms with van der Waals surface area (Å²) in [5.41, 5.74) is 0. The highest BCUT2D eigenvalue weighted by Crippen LogP contribution is 2.21. The lowest BCUT2D eigenvalue weighted by Crippen LogP contribution is -2.48. The van der Waals surface area contributed by atoms with Gasteiger partial charge in [-0.1, -0.05) is 13.8 Å². The Hall–Kier alpha value is -0.570. The maximum Gasteiger partial charge on any atom is 0.239 e. The van der Waals surface area contributed by atoms with Crippen LogP contribution in [-0.4, -0.2) is 36.5 Å². The van der Waals surface area contributed by atoms with Crippen LogP contribution in [0.1, 0.15) is 33.1 Å². The molecule has 0 spiro atoms. The number of carbonyl (C=O) groups excluding carboxylic acids is 1. The maximum absolute atomic E-state index is 12.2. The molecule has 0 bridgehead atoms. The van der Waals surface area contributed by atoms with E-state index in [1.54, 1.807) is 0 Å². The summed E-state index contributed by atoms with van der Waals surface area (Å²) in [5.74, 6) is 1.65. The molecule has 2 aliphatic heterocycles. The first-order valence-corrected chi connectivity index (χ1v) is 6.20. The van der Waals surface area contributed by atoms with Gasteiger partial charge in [0.2, 0.25) is 5.91 Å². The van der Waals surface area contributed by atoms with Gasteiger partial charge < -0.3 is 10.2 Å². The minimum Gasteiger partial charge on any atom is -0.341 e. The highest BCUT2D eigenvalue weighted by molar-refractivity contribution is 5.82. The normalized spacial score (nSPS) is 33.3. The van der Waals surface area contributed by atoms with Gasteiger partial charge in [-0.05, 0) is 37.6 Å². The molecule has 1 N–H and O–H groups in total. The second kappa shape index (κ2) is 4.52. The molecule has 3 heteroatoms. The van der Waals surface area contributed by atoms with E-state index in [0.717, 1.165) is 32.0 Å². The first-order valence-electron chi connectivity index (χ1n) is 6.20. The molecule has 2 heterocycles. The molecular formula is C12H22N2O. The van der Waals surface area contributed by atoms with Crippen LogP contribution in [0.25, 0.3) is 0 Å². The molecule has 3 nitrogen and oxygen atoms in total. The van der Waals surface area contributed by atoms with E-state index in [1.807, 2.05) is 0 Å². The fourth-order valence-corrected chi connectivity index (χ4v) is 2.59. The third kappa shape index (κ3) is 2.33. The van der Waals surface area contributed by atoms with E-state index in [1.165, 1.54) is 12.8 Å². The van der Waals surface area contributed by atoms with Gasteiger partial charge in [-0.2, -0.15) is 0 Å². The van der Waals surface area contributed by atoms with Gasteiger partial charge in [0, 0.05) is 13.1 Å². The molecule has 0 saturated carbocycles. The van der Waals surface area contributed by atoms with Crippen molar-refractivity contribution in [2.24, 2.45) is 11.8 Å². The standard InChI is InChI=1S/C12H22N2O/c1-9-4-7-14(8-5-9)12(15)11-10(2)3-6-13-11/h9-11,13H,3-8H2,1-2H3. The molecule has 2 fully saturated rings. The monoisotopic (exact) mass is 210 g/mol. The van der Waals surface area contributed by atoms with Gasteiger partial charge in [-0.25, -0.2) is 0 Å². The van der Waals surface area contributed by atoms with Crippen LogP contribution >= 0.6 is 0 Å². The predicted octanol–water partition coefficient (Wildman–Crippen LogP) is 1.24. The molecule has 0 aliphatic carbocycles. The van der Waals surface area contributed by atoms with Gasteiger partial charge in [-0.15, -0.1) is 0 Å².